The maximum atomic E-state index is 9.42. The Morgan fingerprint density at radius 3 is 1.19 bits per heavy atom. The summed E-state index contributed by atoms with van der Waals surface area (Å²) >= 11 is 0. The van der Waals surface area contributed by atoms with Crippen LogP contribution in [0.4, 0.5) is 11.4 Å². The Morgan fingerprint density at radius 1 is 0.548 bits per heavy atom. The average molecular weight is 575 g/mol. The second-order valence-electron chi connectivity index (χ2n) is 9.15. The van der Waals surface area contributed by atoms with Crippen LogP contribution in [0.3, 0.4) is 0 Å². The van der Waals surface area contributed by atoms with Crippen molar-refractivity contribution < 1.29 is 10.2 Å². The standard InChI is InChI=1S/C28H38N12O2/c29-13-15-39(27(33)37-25(31)35-21-5-9-23(41)10-6-21)17-19-1-2-20(4-3-19)18-40(16-14-30)28(34)38-26(32)36-22-7-11-24(42)12-8-22/h1-12,41-42H,13-18,29-30H2,(H4,31,33,35,37)(H4,32,34,36,38). The van der Waals surface area contributed by atoms with Gasteiger partial charge in [0.25, 0.3) is 0 Å². The Hall–Kier alpha value is -5.34. The van der Waals surface area contributed by atoms with Gasteiger partial charge in [-0.05, 0) is 59.7 Å². The summed E-state index contributed by atoms with van der Waals surface area (Å²) in [5, 5.41) is 18.8. The van der Waals surface area contributed by atoms with Crippen LogP contribution in [0.1, 0.15) is 11.1 Å². The van der Waals surface area contributed by atoms with Crippen molar-refractivity contribution in [2.75, 3.05) is 26.2 Å². The van der Waals surface area contributed by atoms with E-state index in [1.54, 1.807) is 34.1 Å². The summed E-state index contributed by atoms with van der Waals surface area (Å²) in [6.45, 7) is 2.51. The zero-order valence-electron chi connectivity index (χ0n) is 23.2. The molecule has 0 aliphatic heterocycles. The number of aliphatic imine (C=N–C) groups is 4. The van der Waals surface area contributed by atoms with Crippen LogP contribution in [0.2, 0.25) is 0 Å². The molecule has 0 heterocycles. The molecule has 0 spiro atoms. The minimum Gasteiger partial charge on any atom is -0.508 e. The molecule has 222 valence electrons. The topological polar surface area (TPSA) is 252 Å². The lowest BCUT2D eigenvalue weighted by Gasteiger charge is -2.24. The number of phenolic OH excluding ortho intramolecular Hbond substituents is 2. The smallest absolute Gasteiger partial charge is 0.223 e. The molecule has 0 fully saturated rings. The fourth-order valence-electron chi connectivity index (χ4n) is 3.80. The van der Waals surface area contributed by atoms with E-state index in [1.165, 1.54) is 24.3 Å². The van der Waals surface area contributed by atoms with E-state index in [-0.39, 0.29) is 35.3 Å². The molecule has 3 rings (SSSR count). The summed E-state index contributed by atoms with van der Waals surface area (Å²) in [4.78, 5) is 20.4. The van der Waals surface area contributed by atoms with Crippen LogP contribution in [0, 0.1) is 0 Å². The monoisotopic (exact) mass is 574 g/mol. The average Bonchev–Trinajstić information content (AvgIpc) is 2.96. The molecule has 0 saturated carbocycles. The fraction of sp³-hybridized carbons (Fsp3) is 0.214. The minimum absolute atomic E-state index is 0.0245. The number of nitrogens with zero attached hydrogens (tertiary/aromatic N) is 6. The van der Waals surface area contributed by atoms with E-state index in [2.05, 4.69) is 20.0 Å². The van der Waals surface area contributed by atoms with Gasteiger partial charge in [-0.1, -0.05) is 24.3 Å². The van der Waals surface area contributed by atoms with E-state index in [9.17, 15) is 10.2 Å². The van der Waals surface area contributed by atoms with E-state index in [0.717, 1.165) is 11.1 Å². The van der Waals surface area contributed by atoms with Crippen LogP contribution in [0.25, 0.3) is 0 Å². The molecule has 14 nitrogen and oxygen atoms in total. The van der Waals surface area contributed by atoms with Gasteiger partial charge >= 0.3 is 0 Å². The van der Waals surface area contributed by atoms with Crippen LogP contribution in [0.15, 0.2) is 92.8 Å². The molecule has 0 aliphatic rings. The van der Waals surface area contributed by atoms with Crippen LogP contribution in [-0.2, 0) is 13.1 Å². The maximum absolute atomic E-state index is 9.42. The molecule has 0 aliphatic carbocycles. The molecule has 0 amide bonds. The third-order valence-electron chi connectivity index (χ3n) is 5.86. The number of guanidine groups is 4. The van der Waals surface area contributed by atoms with Crippen molar-refractivity contribution in [3.05, 3.63) is 83.9 Å². The third kappa shape index (κ3) is 10.0. The molecular formula is C28H38N12O2. The highest BCUT2D eigenvalue weighted by Crippen LogP contribution is 2.18. The number of aromatic hydroxyl groups is 2. The van der Waals surface area contributed by atoms with E-state index in [1.807, 2.05) is 24.3 Å². The van der Waals surface area contributed by atoms with Gasteiger partial charge in [0.15, 0.2) is 11.9 Å². The molecule has 0 aromatic heterocycles. The summed E-state index contributed by atoms with van der Waals surface area (Å²) in [7, 11) is 0. The van der Waals surface area contributed by atoms with Crippen molar-refractivity contribution in [1.82, 2.24) is 9.80 Å². The molecule has 0 bridgehead atoms. The van der Waals surface area contributed by atoms with Gasteiger partial charge in [0.05, 0.1) is 11.4 Å². The lowest BCUT2D eigenvalue weighted by atomic mass is 10.1. The lowest BCUT2D eigenvalue weighted by Crippen LogP contribution is -2.41. The molecule has 3 aromatic carbocycles. The van der Waals surface area contributed by atoms with Crippen LogP contribution in [0.5, 0.6) is 11.5 Å². The van der Waals surface area contributed by atoms with E-state index < -0.39 is 0 Å². The molecule has 14 heteroatoms. The molecule has 3 aromatic rings. The predicted octanol–water partition coefficient (Wildman–Crippen LogP) is 0.541. The quantitative estimate of drug-likeness (QED) is 0.123. The lowest BCUT2D eigenvalue weighted by molar-refractivity contribution is 0.415. The van der Waals surface area contributed by atoms with Gasteiger partial charge < -0.3 is 54.4 Å². The van der Waals surface area contributed by atoms with Crippen molar-refractivity contribution in [2.45, 2.75) is 13.1 Å². The Balaban J connectivity index is 1.68. The Kier molecular flexibility index (Phi) is 11.5. The van der Waals surface area contributed by atoms with Gasteiger partial charge in [0.2, 0.25) is 11.9 Å². The van der Waals surface area contributed by atoms with Gasteiger partial charge in [-0.25, -0.2) is 9.98 Å². The highest BCUT2D eigenvalue weighted by atomic mass is 16.3. The maximum Gasteiger partial charge on any atom is 0.223 e. The molecule has 0 atom stereocenters. The highest BCUT2D eigenvalue weighted by Gasteiger charge is 2.12. The number of hydrogen-bond donors (Lipinski definition) is 8. The highest BCUT2D eigenvalue weighted by molar-refractivity contribution is 5.95. The van der Waals surface area contributed by atoms with Gasteiger partial charge in [0.1, 0.15) is 11.5 Å². The van der Waals surface area contributed by atoms with Gasteiger partial charge in [0, 0.05) is 39.3 Å². The molecular weight excluding hydrogens is 536 g/mol. The van der Waals surface area contributed by atoms with E-state index >= 15 is 0 Å². The summed E-state index contributed by atoms with van der Waals surface area (Å²) in [6, 6.07) is 20.3. The first-order valence-corrected chi connectivity index (χ1v) is 13.1. The summed E-state index contributed by atoms with van der Waals surface area (Å²) in [5.74, 6) is 0.552. The van der Waals surface area contributed by atoms with Crippen molar-refractivity contribution in [2.24, 2.45) is 54.4 Å². The molecule has 0 saturated heterocycles. The Bertz CT molecular complexity index is 1290. The first-order valence-electron chi connectivity index (χ1n) is 13.1. The van der Waals surface area contributed by atoms with E-state index in [4.69, 9.17) is 34.4 Å². The van der Waals surface area contributed by atoms with Gasteiger partial charge in [-0.2, -0.15) is 9.98 Å². The predicted molar refractivity (Wildman–Crippen MR) is 167 cm³/mol. The second kappa shape index (κ2) is 15.4. The van der Waals surface area contributed by atoms with Crippen molar-refractivity contribution in [3.63, 3.8) is 0 Å². The summed E-state index contributed by atoms with van der Waals surface area (Å²) in [6.07, 6.45) is 0. The molecule has 0 unspecified atom stereocenters. The SMILES string of the molecule is NCCN(Cc1ccc(CN(CCN)C(N)=NC(N)=Nc2ccc(O)cc2)cc1)C(N)=NC(N)=Nc1ccc(O)cc1. The third-order valence-corrected chi connectivity index (χ3v) is 5.86. The van der Waals surface area contributed by atoms with Crippen LogP contribution < -0.4 is 34.4 Å². The van der Waals surface area contributed by atoms with Crippen LogP contribution in [-0.4, -0.2) is 70.0 Å². The summed E-state index contributed by atoms with van der Waals surface area (Å²) < 4.78 is 0. The normalized spacial score (nSPS) is 12.8. The van der Waals surface area contributed by atoms with Crippen molar-refractivity contribution >= 4 is 35.2 Å². The molecule has 0 radical (unpaired) electrons. The first kappa shape index (κ1) is 31.2. The van der Waals surface area contributed by atoms with Crippen molar-refractivity contribution in [1.29, 1.82) is 0 Å². The number of benzene rings is 3. The first-order chi connectivity index (χ1) is 20.2. The Morgan fingerprint density at radius 2 is 0.881 bits per heavy atom. The fourth-order valence-corrected chi connectivity index (χ4v) is 3.80. The Labute approximate surface area is 244 Å². The summed E-state index contributed by atoms with van der Waals surface area (Å²) in [5.41, 5.74) is 39.0. The number of phenols is 2. The largest absolute Gasteiger partial charge is 0.508 e. The van der Waals surface area contributed by atoms with Crippen LogP contribution >= 0.6 is 0 Å². The second-order valence-corrected chi connectivity index (χ2v) is 9.15. The van der Waals surface area contributed by atoms with Gasteiger partial charge in [-0.15, -0.1) is 0 Å². The molecule has 14 N–H and O–H groups in total. The van der Waals surface area contributed by atoms with Gasteiger partial charge in [-0.3, -0.25) is 0 Å². The van der Waals surface area contributed by atoms with E-state index in [0.29, 0.717) is 50.6 Å². The zero-order valence-corrected chi connectivity index (χ0v) is 23.2. The van der Waals surface area contributed by atoms with Crippen molar-refractivity contribution in [3.8, 4) is 11.5 Å². The number of rotatable bonds is 10. The zero-order chi connectivity index (χ0) is 30.5. The number of nitrogens with two attached hydrogens (primary N) is 6. The number of hydrogen-bond acceptors (Lipinski definition) is 6. The minimum atomic E-state index is -0.0245. The molecule has 42 heavy (non-hydrogen) atoms.